The topological polar surface area (TPSA) is 69.6 Å². The first-order valence-corrected chi connectivity index (χ1v) is 8.28. The number of amides is 2. The Hall–Kier alpha value is -2.96. The van der Waals surface area contributed by atoms with Gasteiger partial charge in [0.2, 0.25) is 0 Å². The number of urea groups is 1. The van der Waals surface area contributed by atoms with E-state index in [9.17, 15) is 18.4 Å². The molecule has 0 aliphatic carbocycles. The van der Waals surface area contributed by atoms with E-state index < -0.39 is 23.5 Å². The fourth-order valence-corrected chi connectivity index (χ4v) is 3.02. The lowest BCUT2D eigenvalue weighted by molar-refractivity contribution is -0.143. The maximum absolute atomic E-state index is 13.7. The quantitative estimate of drug-likeness (QED) is 0.870. The zero-order valence-corrected chi connectivity index (χ0v) is 13.9. The Bertz CT molecular complexity index is 816. The smallest absolute Gasteiger partial charge is 0.321 e. The van der Waals surface area contributed by atoms with E-state index in [1.807, 2.05) is 0 Å². The van der Waals surface area contributed by atoms with Gasteiger partial charge in [-0.25, -0.2) is 13.6 Å². The van der Waals surface area contributed by atoms with Crippen LogP contribution in [0.15, 0.2) is 42.5 Å². The molecular weight excluding hydrogens is 342 g/mol. The highest BCUT2D eigenvalue weighted by atomic mass is 19.1. The highest BCUT2D eigenvalue weighted by molar-refractivity contribution is 5.94. The largest absolute Gasteiger partial charge is 0.481 e. The van der Waals surface area contributed by atoms with E-state index in [0.29, 0.717) is 42.7 Å². The second-order valence-corrected chi connectivity index (χ2v) is 6.23. The molecule has 1 aliphatic heterocycles. The highest BCUT2D eigenvalue weighted by Gasteiger charge is 2.27. The number of nitrogens with one attached hydrogen (secondary N) is 1. The van der Waals surface area contributed by atoms with E-state index in [4.69, 9.17) is 5.11 Å². The monoisotopic (exact) mass is 360 g/mol. The van der Waals surface area contributed by atoms with Crippen LogP contribution in [0.3, 0.4) is 0 Å². The number of carbonyl (C=O) groups is 2. The third-order valence-corrected chi connectivity index (χ3v) is 4.51. The van der Waals surface area contributed by atoms with Crippen LogP contribution in [0, 0.1) is 17.6 Å². The fourth-order valence-electron chi connectivity index (χ4n) is 3.02. The molecule has 0 atom stereocenters. The van der Waals surface area contributed by atoms with Gasteiger partial charge in [-0.15, -0.1) is 0 Å². The van der Waals surface area contributed by atoms with Crippen molar-refractivity contribution in [3.63, 3.8) is 0 Å². The van der Waals surface area contributed by atoms with Crippen LogP contribution >= 0.6 is 0 Å². The van der Waals surface area contributed by atoms with Crippen LogP contribution in [0.4, 0.5) is 19.3 Å². The Morgan fingerprint density at radius 2 is 1.62 bits per heavy atom. The number of carbonyl (C=O) groups excluding carboxylic acids is 1. The maximum atomic E-state index is 13.7. The van der Waals surface area contributed by atoms with Gasteiger partial charge >= 0.3 is 12.0 Å². The number of anilines is 1. The minimum Gasteiger partial charge on any atom is -0.481 e. The Morgan fingerprint density at radius 1 is 1.00 bits per heavy atom. The third kappa shape index (κ3) is 3.99. The van der Waals surface area contributed by atoms with E-state index >= 15 is 0 Å². The summed E-state index contributed by atoms with van der Waals surface area (Å²) in [5.41, 5.74) is 1.42. The number of benzene rings is 2. The molecule has 2 amide bonds. The maximum Gasteiger partial charge on any atom is 0.321 e. The van der Waals surface area contributed by atoms with Gasteiger partial charge < -0.3 is 15.3 Å². The second kappa shape index (κ2) is 7.51. The number of halogens is 2. The van der Waals surface area contributed by atoms with Crippen LogP contribution < -0.4 is 5.32 Å². The first-order valence-electron chi connectivity index (χ1n) is 8.28. The van der Waals surface area contributed by atoms with Crippen molar-refractivity contribution in [1.82, 2.24) is 4.90 Å². The van der Waals surface area contributed by atoms with Gasteiger partial charge in [0.25, 0.3) is 0 Å². The van der Waals surface area contributed by atoms with Crippen LogP contribution in [-0.4, -0.2) is 35.1 Å². The summed E-state index contributed by atoms with van der Waals surface area (Å²) >= 11 is 0. The SMILES string of the molecule is O=C(O)C1CCN(C(=O)Nc2ccc(F)cc2-c2ccc(F)cc2)CC1. The summed E-state index contributed by atoms with van der Waals surface area (Å²) in [4.78, 5) is 25.0. The first kappa shape index (κ1) is 17.8. The summed E-state index contributed by atoms with van der Waals surface area (Å²) < 4.78 is 26.8. The van der Waals surface area contributed by atoms with Crippen LogP contribution in [0.2, 0.25) is 0 Å². The summed E-state index contributed by atoms with van der Waals surface area (Å²) in [5, 5.41) is 11.8. The minimum atomic E-state index is -0.845. The van der Waals surface area contributed by atoms with Gasteiger partial charge in [0.1, 0.15) is 11.6 Å². The standard InChI is InChI=1S/C19H18F2N2O3/c20-14-3-1-12(2-4-14)16-11-15(21)5-6-17(16)22-19(26)23-9-7-13(8-10-23)18(24)25/h1-6,11,13H,7-10H2,(H,22,26)(H,24,25). The van der Waals surface area contributed by atoms with Crippen molar-refractivity contribution in [3.8, 4) is 11.1 Å². The molecule has 0 radical (unpaired) electrons. The van der Waals surface area contributed by atoms with Gasteiger partial charge in [0.15, 0.2) is 0 Å². The summed E-state index contributed by atoms with van der Waals surface area (Å²) in [5.74, 6) is -2.15. The Morgan fingerprint density at radius 3 is 2.23 bits per heavy atom. The fraction of sp³-hybridized carbons (Fsp3) is 0.263. The predicted molar refractivity (Wildman–Crippen MR) is 92.7 cm³/mol. The third-order valence-electron chi connectivity index (χ3n) is 4.51. The molecule has 0 saturated carbocycles. The molecule has 7 heteroatoms. The van der Waals surface area contributed by atoms with Gasteiger partial charge in [0.05, 0.1) is 11.6 Å². The molecule has 136 valence electrons. The molecule has 3 rings (SSSR count). The molecular formula is C19H18F2N2O3. The first-order chi connectivity index (χ1) is 12.4. The van der Waals surface area contributed by atoms with Crippen LogP contribution in [-0.2, 0) is 4.79 Å². The molecule has 0 bridgehead atoms. The molecule has 26 heavy (non-hydrogen) atoms. The molecule has 1 saturated heterocycles. The number of hydrogen-bond donors (Lipinski definition) is 2. The Balaban J connectivity index is 1.76. The molecule has 1 heterocycles. The number of carboxylic acid groups (broad SMARTS) is 1. The Labute approximate surface area is 149 Å². The van der Waals surface area contributed by atoms with Gasteiger partial charge in [-0.3, -0.25) is 4.79 Å². The van der Waals surface area contributed by atoms with Crippen molar-refractivity contribution >= 4 is 17.7 Å². The molecule has 0 unspecified atom stereocenters. The zero-order chi connectivity index (χ0) is 18.7. The number of piperidine rings is 1. The molecule has 0 spiro atoms. The number of hydrogen-bond acceptors (Lipinski definition) is 2. The molecule has 2 N–H and O–H groups in total. The van der Waals surface area contributed by atoms with E-state index in [-0.39, 0.29) is 6.03 Å². The van der Waals surface area contributed by atoms with E-state index in [1.54, 1.807) is 0 Å². The molecule has 2 aromatic rings. The zero-order valence-electron chi connectivity index (χ0n) is 13.9. The average Bonchev–Trinajstić information content (AvgIpc) is 2.64. The van der Waals surface area contributed by atoms with Gasteiger partial charge in [-0.1, -0.05) is 12.1 Å². The van der Waals surface area contributed by atoms with Crippen molar-refractivity contribution in [2.45, 2.75) is 12.8 Å². The summed E-state index contributed by atoms with van der Waals surface area (Å²) in [6, 6.07) is 9.15. The van der Waals surface area contributed by atoms with E-state index in [1.165, 1.54) is 47.4 Å². The number of rotatable bonds is 3. The lowest BCUT2D eigenvalue weighted by atomic mass is 9.97. The van der Waals surface area contributed by atoms with Gasteiger partial charge in [0, 0.05) is 18.7 Å². The molecule has 1 fully saturated rings. The van der Waals surface area contributed by atoms with Gasteiger partial charge in [-0.05, 0) is 48.7 Å². The van der Waals surface area contributed by atoms with Gasteiger partial charge in [-0.2, -0.15) is 0 Å². The van der Waals surface area contributed by atoms with Crippen molar-refractivity contribution in [2.75, 3.05) is 18.4 Å². The van der Waals surface area contributed by atoms with Crippen molar-refractivity contribution in [3.05, 3.63) is 54.1 Å². The van der Waals surface area contributed by atoms with Crippen LogP contribution in [0.5, 0.6) is 0 Å². The lowest BCUT2D eigenvalue weighted by Crippen LogP contribution is -2.42. The molecule has 1 aliphatic rings. The van der Waals surface area contributed by atoms with E-state index in [0.717, 1.165) is 0 Å². The van der Waals surface area contributed by atoms with E-state index in [2.05, 4.69) is 5.32 Å². The molecule has 0 aromatic heterocycles. The number of carboxylic acids is 1. The van der Waals surface area contributed by atoms with Crippen molar-refractivity contribution < 1.29 is 23.5 Å². The highest BCUT2D eigenvalue weighted by Crippen LogP contribution is 2.29. The number of aliphatic carboxylic acids is 1. The average molecular weight is 360 g/mol. The Kier molecular flexibility index (Phi) is 5.16. The normalized spacial score (nSPS) is 14.9. The minimum absolute atomic E-state index is 0.343. The molecule has 2 aromatic carbocycles. The summed E-state index contributed by atoms with van der Waals surface area (Å²) in [6.45, 7) is 0.686. The summed E-state index contributed by atoms with van der Waals surface area (Å²) in [6.07, 6.45) is 0.800. The van der Waals surface area contributed by atoms with Crippen LogP contribution in [0.1, 0.15) is 12.8 Å². The second-order valence-electron chi connectivity index (χ2n) is 6.23. The predicted octanol–water partition coefficient (Wildman–Crippen LogP) is 3.96. The van der Waals surface area contributed by atoms with Crippen LogP contribution in [0.25, 0.3) is 11.1 Å². The number of likely N-dealkylation sites (tertiary alicyclic amines) is 1. The lowest BCUT2D eigenvalue weighted by Gasteiger charge is -2.30. The molecule has 5 nitrogen and oxygen atoms in total. The summed E-state index contributed by atoms with van der Waals surface area (Å²) in [7, 11) is 0. The van der Waals surface area contributed by atoms with Crippen molar-refractivity contribution in [2.24, 2.45) is 5.92 Å². The van der Waals surface area contributed by atoms with Crippen molar-refractivity contribution in [1.29, 1.82) is 0 Å². The number of nitrogens with zero attached hydrogens (tertiary/aromatic N) is 1.